The van der Waals surface area contributed by atoms with E-state index >= 15 is 0 Å². The first-order valence-electron chi connectivity index (χ1n) is 9.58. The van der Waals surface area contributed by atoms with Gasteiger partial charge < -0.3 is 19.7 Å². The summed E-state index contributed by atoms with van der Waals surface area (Å²) in [6.07, 6.45) is 1.87. The van der Waals surface area contributed by atoms with Crippen LogP contribution in [0.15, 0.2) is 60.7 Å². The molecule has 1 saturated heterocycles. The number of carbonyl (C=O) groups excluding carboxylic acids is 2. The predicted molar refractivity (Wildman–Crippen MR) is 109 cm³/mol. The summed E-state index contributed by atoms with van der Waals surface area (Å²) < 4.78 is 10.5. The molecule has 0 radical (unpaired) electrons. The molecule has 1 amide bonds. The molecule has 6 nitrogen and oxygen atoms in total. The monoisotopic (exact) mass is 392 g/mol. The molecule has 2 bridgehead atoms. The number of hydrogen-bond acceptors (Lipinski definition) is 5. The van der Waals surface area contributed by atoms with Crippen molar-refractivity contribution < 1.29 is 19.1 Å². The number of esters is 1. The number of amides is 1. The maximum atomic E-state index is 13.2. The third-order valence-corrected chi connectivity index (χ3v) is 5.70. The zero-order valence-electron chi connectivity index (χ0n) is 16.6. The van der Waals surface area contributed by atoms with Crippen molar-refractivity contribution in [3.63, 3.8) is 0 Å². The van der Waals surface area contributed by atoms with E-state index in [1.165, 1.54) is 7.11 Å². The molecule has 1 N–H and O–H groups in total. The van der Waals surface area contributed by atoms with Crippen molar-refractivity contribution in [1.29, 1.82) is 0 Å². The fourth-order valence-corrected chi connectivity index (χ4v) is 4.19. The van der Waals surface area contributed by atoms with Crippen molar-refractivity contribution in [2.45, 2.75) is 12.6 Å². The van der Waals surface area contributed by atoms with Gasteiger partial charge in [0.15, 0.2) is 0 Å². The van der Waals surface area contributed by atoms with Crippen LogP contribution in [0.3, 0.4) is 0 Å². The second-order valence-electron chi connectivity index (χ2n) is 7.42. The van der Waals surface area contributed by atoms with E-state index < -0.39 is 11.5 Å². The second kappa shape index (κ2) is 7.72. The Morgan fingerprint density at radius 2 is 1.86 bits per heavy atom. The third-order valence-electron chi connectivity index (χ3n) is 5.70. The quantitative estimate of drug-likeness (QED) is 0.791. The standard InChI is InChI=1S/C23H24N2O4/c1-28-18-10-8-17(9-11-18)19-12-20-21(26)25(13-16-6-4-3-5-7-16)15-23(19,14-24-20)22(27)29-2/h3-12,20,24H,13-15H2,1-2H3. The first-order valence-corrected chi connectivity index (χ1v) is 9.58. The van der Waals surface area contributed by atoms with E-state index in [1.807, 2.05) is 60.7 Å². The van der Waals surface area contributed by atoms with E-state index in [9.17, 15) is 9.59 Å². The Bertz CT molecular complexity index is 939. The Kier molecular flexibility index (Phi) is 5.11. The Hall–Kier alpha value is -3.12. The van der Waals surface area contributed by atoms with E-state index in [0.29, 0.717) is 13.1 Å². The lowest BCUT2D eigenvalue weighted by molar-refractivity contribution is -0.150. The number of nitrogens with one attached hydrogen (secondary N) is 1. The fourth-order valence-electron chi connectivity index (χ4n) is 4.19. The molecule has 1 fully saturated rings. The highest BCUT2D eigenvalue weighted by molar-refractivity contribution is 6.00. The van der Waals surface area contributed by atoms with Crippen molar-refractivity contribution in [3.8, 4) is 5.75 Å². The summed E-state index contributed by atoms with van der Waals surface area (Å²) in [6, 6.07) is 16.9. The average molecular weight is 392 g/mol. The van der Waals surface area contributed by atoms with Crippen LogP contribution in [0.5, 0.6) is 5.75 Å². The van der Waals surface area contributed by atoms with Crippen molar-refractivity contribution in [2.24, 2.45) is 5.41 Å². The zero-order valence-corrected chi connectivity index (χ0v) is 16.6. The van der Waals surface area contributed by atoms with Gasteiger partial charge in [-0.05, 0) is 28.8 Å². The molecule has 3 heterocycles. The lowest BCUT2D eigenvalue weighted by atomic mass is 9.74. The Morgan fingerprint density at radius 3 is 2.52 bits per heavy atom. The SMILES string of the molecule is COC(=O)C12CNC(C=C1c1ccc(OC)cc1)C(=O)N(Cc1ccccc1)C2. The van der Waals surface area contributed by atoms with Gasteiger partial charge in [-0.2, -0.15) is 0 Å². The highest BCUT2D eigenvalue weighted by atomic mass is 16.5. The van der Waals surface area contributed by atoms with Crippen LogP contribution in [0.4, 0.5) is 0 Å². The van der Waals surface area contributed by atoms with Gasteiger partial charge in [-0.3, -0.25) is 9.59 Å². The maximum Gasteiger partial charge on any atom is 0.319 e. The van der Waals surface area contributed by atoms with Gasteiger partial charge >= 0.3 is 5.97 Å². The first kappa shape index (κ1) is 19.2. The van der Waals surface area contributed by atoms with E-state index in [1.54, 1.807) is 12.0 Å². The molecule has 3 aliphatic rings. The van der Waals surface area contributed by atoms with E-state index in [2.05, 4.69) is 5.32 Å². The van der Waals surface area contributed by atoms with Crippen LogP contribution in [0.25, 0.3) is 5.57 Å². The van der Waals surface area contributed by atoms with Crippen molar-refractivity contribution >= 4 is 17.4 Å². The van der Waals surface area contributed by atoms with E-state index in [4.69, 9.17) is 9.47 Å². The van der Waals surface area contributed by atoms with Crippen molar-refractivity contribution in [3.05, 3.63) is 71.8 Å². The van der Waals surface area contributed by atoms with Crippen LogP contribution in [0.2, 0.25) is 0 Å². The molecule has 0 saturated carbocycles. The van der Waals surface area contributed by atoms with Gasteiger partial charge in [-0.15, -0.1) is 0 Å². The maximum absolute atomic E-state index is 13.2. The molecular weight excluding hydrogens is 368 g/mol. The van der Waals surface area contributed by atoms with Gasteiger partial charge in [0.1, 0.15) is 17.2 Å². The van der Waals surface area contributed by atoms with Gasteiger partial charge in [0.25, 0.3) is 0 Å². The molecule has 5 rings (SSSR count). The number of rotatable bonds is 5. The molecule has 6 heteroatoms. The van der Waals surface area contributed by atoms with E-state index in [-0.39, 0.29) is 18.4 Å². The zero-order chi connectivity index (χ0) is 20.4. The highest BCUT2D eigenvalue weighted by Gasteiger charge is 2.52. The molecule has 0 aromatic heterocycles. The number of benzene rings is 2. The van der Waals surface area contributed by atoms with Crippen LogP contribution >= 0.6 is 0 Å². The summed E-state index contributed by atoms with van der Waals surface area (Å²) in [6.45, 7) is 1.05. The normalized spacial score (nSPS) is 23.4. The van der Waals surface area contributed by atoms with Gasteiger partial charge in [0.05, 0.1) is 14.2 Å². The van der Waals surface area contributed by atoms with Gasteiger partial charge in [0, 0.05) is 19.6 Å². The summed E-state index contributed by atoms with van der Waals surface area (Å²) >= 11 is 0. The van der Waals surface area contributed by atoms with Crippen molar-refractivity contribution in [1.82, 2.24) is 10.2 Å². The molecule has 150 valence electrons. The number of ether oxygens (including phenoxy) is 2. The van der Waals surface area contributed by atoms with Crippen molar-refractivity contribution in [2.75, 3.05) is 27.3 Å². The van der Waals surface area contributed by atoms with Gasteiger partial charge in [-0.25, -0.2) is 0 Å². The summed E-state index contributed by atoms with van der Waals surface area (Å²) in [7, 11) is 3.00. The summed E-state index contributed by atoms with van der Waals surface area (Å²) in [5.41, 5.74) is 1.76. The molecule has 0 spiro atoms. The Balaban J connectivity index is 1.75. The Morgan fingerprint density at radius 1 is 1.14 bits per heavy atom. The number of fused-ring (bicyclic) bond motifs is 3. The van der Waals surface area contributed by atoms with Crippen LogP contribution in [0, 0.1) is 5.41 Å². The number of carbonyl (C=O) groups is 2. The number of nitrogens with zero attached hydrogens (tertiary/aromatic N) is 1. The minimum Gasteiger partial charge on any atom is -0.497 e. The largest absolute Gasteiger partial charge is 0.497 e. The van der Waals surface area contributed by atoms with Gasteiger partial charge in [0.2, 0.25) is 5.91 Å². The van der Waals surface area contributed by atoms with Crippen LogP contribution in [-0.4, -0.2) is 50.1 Å². The summed E-state index contributed by atoms with van der Waals surface area (Å²) in [5, 5.41) is 3.23. The van der Waals surface area contributed by atoms with Gasteiger partial charge in [-0.1, -0.05) is 48.5 Å². The molecule has 2 atom stereocenters. The number of methoxy groups -OCH3 is 2. The molecule has 3 aliphatic heterocycles. The minimum absolute atomic E-state index is 0.0388. The summed E-state index contributed by atoms with van der Waals surface area (Å²) in [5.74, 6) is 0.349. The lowest BCUT2D eigenvalue weighted by Gasteiger charge is -2.36. The highest BCUT2D eigenvalue weighted by Crippen LogP contribution is 2.42. The summed E-state index contributed by atoms with van der Waals surface area (Å²) in [4.78, 5) is 28.0. The smallest absolute Gasteiger partial charge is 0.319 e. The van der Waals surface area contributed by atoms with E-state index in [0.717, 1.165) is 22.4 Å². The number of hydrogen-bond donors (Lipinski definition) is 1. The average Bonchev–Trinajstić information content (AvgIpc) is 2.98. The van der Waals surface area contributed by atoms with Crippen LogP contribution < -0.4 is 10.1 Å². The molecular formula is C23H24N2O4. The molecule has 29 heavy (non-hydrogen) atoms. The first-order chi connectivity index (χ1) is 14.1. The topological polar surface area (TPSA) is 67.9 Å². The molecule has 2 aromatic carbocycles. The van der Waals surface area contributed by atoms with Crippen LogP contribution in [-0.2, 0) is 20.9 Å². The molecule has 2 unspecified atom stereocenters. The fraction of sp³-hybridized carbons (Fsp3) is 0.304. The molecule has 0 aliphatic carbocycles. The van der Waals surface area contributed by atoms with Crippen LogP contribution in [0.1, 0.15) is 11.1 Å². The predicted octanol–water partition coefficient (Wildman–Crippen LogP) is 2.25. The second-order valence-corrected chi connectivity index (χ2v) is 7.42. The molecule has 2 aromatic rings. The lowest BCUT2D eigenvalue weighted by Crippen LogP contribution is -2.49. The Labute approximate surface area is 170 Å². The third kappa shape index (κ3) is 3.40. The minimum atomic E-state index is -0.971.